The van der Waals surface area contributed by atoms with Crippen LogP contribution in [0.25, 0.3) is 0 Å². The normalized spacial score (nSPS) is 35.4. The van der Waals surface area contributed by atoms with Crippen LogP contribution in [0.15, 0.2) is 0 Å². The first-order valence-electron chi connectivity index (χ1n) is 7.41. The maximum atomic E-state index is 11.5. The fourth-order valence-corrected chi connectivity index (χ4v) is 3.21. The molecule has 2 fully saturated rings. The highest BCUT2D eigenvalue weighted by molar-refractivity contribution is 5.85. The number of hydrogen-bond acceptors (Lipinski definition) is 4. The van der Waals surface area contributed by atoms with Crippen molar-refractivity contribution in [1.82, 2.24) is 0 Å². The Morgan fingerprint density at radius 3 is 2.84 bits per heavy atom. The Morgan fingerprint density at radius 2 is 2.16 bits per heavy atom. The maximum absolute atomic E-state index is 11.5. The van der Waals surface area contributed by atoms with Gasteiger partial charge < -0.3 is 20.9 Å². The van der Waals surface area contributed by atoms with Gasteiger partial charge in [0.05, 0.1) is 18.2 Å². The van der Waals surface area contributed by atoms with E-state index >= 15 is 0 Å². The maximum Gasteiger partial charge on any atom is 0.237 e. The van der Waals surface area contributed by atoms with E-state index < -0.39 is 5.54 Å². The monoisotopic (exact) mass is 270 g/mol. The third kappa shape index (κ3) is 3.68. The second kappa shape index (κ2) is 6.68. The summed E-state index contributed by atoms with van der Waals surface area (Å²) in [6.45, 7) is 2.14. The Morgan fingerprint density at radius 1 is 1.32 bits per heavy atom. The van der Waals surface area contributed by atoms with Crippen LogP contribution in [-0.2, 0) is 14.3 Å². The average molecular weight is 270 g/mol. The Kier molecular flexibility index (Phi) is 5.19. The Labute approximate surface area is 115 Å². The van der Waals surface area contributed by atoms with E-state index in [1.807, 2.05) is 0 Å². The van der Waals surface area contributed by atoms with Crippen LogP contribution in [0.1, 0.15) is 44.9 Å². The van der Waals surface area contributed by atoms with Gasteiger partial charge >= 0.3 is 0 Å². The second-order valence-corrected chi connectivity index (χ2v) is 5.85. The molecule has 0 radical (unpaired) electrons. The van der Waals surface area contributed by atoms with Crippen molar-refractivity contribution in [2.24, 2.45) is 17.4 Å². The predicted molar refractivity (Wildman–Crippen MR) is 72.5 cm³/mol. The van der Waals surface area contributed by atoms with E-state index in [1.165, 1.54) is 6.42 Å². The van der Waals surface area contributed by atoms with Crippen molar-refractivity contribution in [3.05, 3.63) is 0 Å². The second-order valence-electron chi connectivity index (χ2n) is 5.85. The molecule has 0 bridgehead atoms. The number of primary amides is 1. The lowest BCUT2D eigenvalue weighted by Gasteiger charge is -2.28. The predicted octanol–water partition coefficient (Wildman–Crippen LogP) is 0.945. The number of hydrogen-bond donors (Lipinski definition) is 2. The number of carbonyl (C=O) groups excluding carboxylic acids is 1. The van der Waals surface area contributed by atoms with Gasteiger partial charge in [-0.05, 0) is 44.4 Å². The number of carbonyl (C=O) groups is 1. The highest BCUT2D eigenvalue weighted by Gasteiger charge is 2.43. The largest absolute Gasteiger partial charge is 0.379 e. The zero-order valence-electron chi connectivity index (χ0n) is 11.6. The van der Waals surface area contributed by atoms with Crippen molar-refractivity contribution >= 4 is 5.91 Å². The van der Waals surface area contributed by atoms with Crippen molar-refractivity contribution in [3.8, 4) is 0 Å². The van der Waals surface area contributed by atoms with Crippen LogP contribution in [0, 0.1) is 5.92 Å². The Hall–Kier alpha value is -0.650. The molecule has 4 N–H and O–H groups in total. The SMILES string of the molecule is NC(=O)C1(N)CCCC1CCOCC1CCCCO1. The number of ether oxygens (including phenoxy) is 2. The summed E-state index contributed by atoms with van der Waals surface area (Å²) in [6.07, 6.45) is 7.20. The molecule has 0 aromatic carbocycles. The van der Waals surface area contributed by atoms with Crippen LogP contribution in [0.4, 0.5) is 0 Å². The van der Waals surface area contributed by atoms with Gasteiger partial charge in [-0.1, -0.05) is 6.42 Å². The molecule has 3 unspecified atom stereocenters. The fraction of sp³-hybridized carbons (Fsp3) is 0.929. The van der Waals surface area contributed by atoms with Crippen molar-refractivity contribution < 1.29 is 14.3 Å². The molecule has 5 nitrogen and oxygen atoms in total. The van der Waals surface area contributed by atoms with Gasteiger partial charge in [0.1, 0.15) is 0 Å². The van der Waals surface area contributed by atoms with Gasteiger partial charge in [-0.15, -0.1) is 0 Å². The van der Waals surface area contributed by atoms with Crippen LogP contribution in [0.3, 0.4) is 0 Å². The zero-order valence-corrected chi connectivity index (χ0v) is 11.6. The standard InChI is InChI=1S/C14H26N2O3/c15-13(17)14(16)7-3-4-11(14)6-9-18-10-12-5-1-2-8-19-12/h11-12H,1-10,16H2,(H2,15,17). The average Bonchev–Trinajstić information content (AvgIpc) is 2.79. The molecular weight excluding hydrogens is 244 g/mol. The van der Waals surface area contributed by atoms with Crippen LogP contribution in [0.5, 0.6) is 0 Å². The molecule has 19 heavy (non-hydrogen) atoms. The molecule has 0 spiro atoms. The summed E-state index contributed by atoms with van der Waals surface area (Å²) in [5.41, 5.74) is 10.7. The van der Waals surface area contributed by atoms with E-state index in [0.717, 1.165) is 38.7 Å². The van der Waals surface area contributed by atoms with E-state index in [0.29, 0.717) is 19.6 Å². The zero-order chi connectivity index (χ0) is 13.7. The molecule has 1 saturated heterocycles. The molecule has 0 aromatic heterocycles. The molecular formula is C14H26N2O3. The summed E-state index contributed by atoms with van der Waals surface area (Å²) >= 11 is 0. The lowest BCUT2D eigenvalue weighted by molar-refractivity contribution is -0.124. The Bertz CT molecular complexity index is 305. The van der Waals surface area contributed by atoms with Crippen LogP contribution < -0.4 is 11.5 Å². The minimum absolute atomic E-state index is 0.164. The molecule has 1 saturated carbocycles. The molecule has 2 rings (SSSR count). The molecule has 1 aliphatic heterocycles. The summed E-state index contributed by atoms with van der Waals surface area (Å²) < 4.78 is 11.3. The quantitative estimate of drug-likeness (QED) is 0.703. The topological polar surface area (TPSA) is 87.6 Å². The fourth-order valence-electron chi connectivity index (χ4n) is 3.21. The third-order valence-corrected chi connectivity index (χ3v) is 4.52. The first kappa shape index (κ1) is 14.8. The van der Waals surface area contributed by atoms with E-state index in [4.69, 9.17) is 20.9 Å². The summed E-state index contributed by atoms with van der Waals surface area (Å²) in [7, 11) is 0. The van der Waals surface area contributed by atoms with Crippen molar-refractivity contribution in [2.45, 2.75) is 56.6 Å². The lowest BCUT2D eigenvalue weighted by Crippen LogP contribution is -2.54. The summed E-state index contributed by atoms with van der Waals surface area (Å²) in [4.78, 5) is 11.5. The van der Waals surface area contributed by atoms with Crippen molar-refractivity contribution in [3.63, 3.8) is 0 Å². The summed E-state index contributed by atoms with van der Waals surface area (Å²) in [6, 6.07) is 0. The van der Waals surface area contributed by atoms with Gasteiger partial charge in [-0.3, -0.25) is 4.79 Å². The van der Waals surface area contributed by atoms with Gasteiger partial charge in [0.25, 0.3) is 0 Å². The van der Waals surface area contributed by atoms with Crippen LogP contribution >= 0.6 is 0 Å². The van der Waals surface area contributed by atoms with Crippen molar-refractivity contribution in [2.75, 3.05) is 19.8 Å². The first-order chi connectivity index (χ1) is 9.13. The highest BCUT2D eigenvalue weighted by Crippen LogP contribution is 2.35. The smallest absolute Gasteiger partial charge is 0.237 e. The van der Waals surface area contributed by atoms with Gasteiger partial charge in [0.15, 0.2) is 0 Å². The number of amides is 1. The third-order valence-electron chi connectivity index (χ3n) is 4.52. The molecule has 1 heterocycles. The number of rotatable bonds is 6. The molecule has 1 amide bonds. The first-order valence-corrected chi connectivity index (χ1v) is 7.41. The highest BCUT2D eigenvalue weighted by atomic mass is 16.5. The van der Waals surface area contributed by atoms with Gasteiger partial charge in [0.2, 0.25) is 5.91 Å². The molecule has 1 aliphatic carbocycles. The molecule has 110 valence electrons. The van der Waals surface area contributed by atoms with Gasteiger partial charge in [-0.2, -0.15) is 0 Å². The minimum Gasteiger partial charge on any atom is -0.379 e. The Balaban J connectivity index is 1.66. The molecule has 2 aliphatic rings. The summed E-state index contributed by atoms with van der Waals surface area (Å²) in [5.74, 6) is -0.206. The van der Waals surface area contributed by atoms with E-state index in [2.05, 4.69) is 0 Å². The van der Waals surface area contributed by atoms with Crippen LogP contribution in [0.2, 0.25) is 0 Å². The van der Waals surface area contributed by atoms with Crippen LogP contribution in [-0.4, -0.2) is 37.4 Å². The van der Waals surface area contributed by atoms with E-state index in [-0.39, 0.29) is 17.9 Å². The molecule has 0 aromatic rings. The lowest BCUT2D eigenvalue weighted by atomic mass is 9.85. The number of nitrogens with two attached hydrogens (primary N) is 2. The van der Waals surface area contributed by atoms with Crippen molar-refractivity contribution in [1.29, 1.82) is 0 Å². The van der Waals surface area contributed by atoms with Gasteiger partial charge in [0, 0.05) is 13.2 Å². The molecule has 3 atom stereocenters. The minimum atomic E-state index is -0.815. The van der Waals surface area contributed by atoms with E-state index in [1.54, 1.807) is 0 Å². The van der Waals surface area contributed by atoms with Gasteiger partial charge in [-0.25, -0.2) is 0 Å². The molecule has 5 heteroatoms. The summed E-state index contributed by atoms with van der Waals surface area (Å²) in [5, 5.41) is 0. The van der Waals surface area contributed by atoms with E-state index in [9.17, 15) is 4.79 Å².